The summed E-state index contributed by atoms with van der Waals surface area (Å²) in [4.78, 5) is 14.6. The third-order valence-electron chi connectivity index (χ3n) is 5.94. The van der Waals surface area contributed by atoms with Gasteiger partial charge in [0.2, 0.25) is 0 Å². The number of likely N-dealkylation sites (tertiary alicyclic amines) is 1. The van der Waals surface area contributed by atoms with E-state index in [1.54, 1.807) is 17.8 Å². The van der Waals surface area contributed by atoms with Crippen LogP contribution >= 0.6 is 11.8 Å². The molecule has 0 aliphatic carbocycles. The second-order valence-electron chi connectivity index (χ2n) is 8.12. The average Bonchev–Trinajstić information content (AvgIpc) is 3.47. The van der Waals surface area contributed by atoms with Crippen molar-refractivity contribution in [2.24, 2.45) is 0 Å². The number of fused-ring (bicyclic) bond motifs is 1. The number of aryl methyl sites for hydroxylation is 1. The van der Waals surface area contributed by atoms with E-state index in [-0.39, 0.29) is 5.63 Å². The molecule has 5 rings (SSSR count). The molecule has 2 aromatic heterocycles. The fraction of sp³-hybridized carbons (Fsp3) is 0.320. The second-order valence-corrected chi connectivity index (χ2v) is 9.06. The van der Waals surface area contributed by atoms with Gasteiger partial charge in [0.25, 0.3) is 0 Å². The summed E-state index contributed by atoms with van der Waals surface area (Å²) < 4.78 is 7.61. The molecule has 1 aliphatic rings. The first-order valence-electron chi connectivity index (χ1n) is 11.1. The van der Waals surface area contributed by atoms with Crippen molar-refractivity contribution in [1.29, 1.82) is 0 Å². The summed E-state index contributed by atoms with van der Waals surface area (Å²) in [5, 5.41) is 10.9. The molecule has 0 radical (unpaired) electrons. The molecule has 1 saturated heterocycles. The van der Waals surface area contributed by atoms with E-state index in [1.165, 1.54) is 12.8 Å². The van der Waals surface area contributed by atoms with Crippen LogP contribution < -0.4 is 5.63 Å². The van der Waals surface area contributed by atoms with E-state index in [1.807, 2.05) is 30.3 Å². The maximum atomic E-state index is 12.2. The predicted molar refractivity (Wildman–Crippen MR) is 127 cm³/mol. The summed E-state index contributed by atoms with van der Waals surface area (Å²) in [6.07, 6.45) is 3.38. The van der Waals surface area contributed by atoms with Crippen molar-refractivity contribution in [3.63, 3.8) is 0 Å². The zero-order valence-electron chi connectivity index (χ0n) is 18.2. The number of hydrogen-bond acceptors (Lipinski definition) is 6. The monoisotopic (exact) mass is 446 g/mol. The summed E-state index contributed by atoms with van der Waals surface area (Å²) >= 11 is 1.60. The van der Waals surface area contributed by atoms with Gasteiger partial charge in [-0.05, 0) is 61.7 Å². The van der Waals surface area contributed by atoms with Crippen LogP contribution in [0.5, 0.6) is 0 Å². The van der Waals surface area contributed by atoms with Crippen molar-refractivity contribution in [2.45, 2.75) is 43.6 Å². The predicted octanol–water partition coefficient (Wildman–Crippen LogP) is 4.82. The number of rotatable bonds is 7. The van der Waals surface area contributed by atoms with Gasteiger partial charge in [-0.2, -0.15) is 0 Å². The fourth-order valence-corrected chi connectivity index (χ4v) is 5.19. The van der Waals surface area contributed by atoms with Crippen molar-refractivity contribution < 1.29 is 4.42 Å². The highest BCUT2D eigenvalue weighted by molar-refractivity contribution is 7.98. The Labute approximate surface area is 191 Å². The zero-order chi connectivity index (χ0) is 21.9. The normalized spacial score (nSPS) is 14.4. The molecule has 32 heavy (non-hydrogen) atoms. The molecule has 4 aromatic rings. The van der Waals surface area contributed by atoms with E-state index >= 15 is 0 Å². The van der Waals surface area contributed by atoms with E-state index in [0.29, 0.717) is 11.3 Å². The van der Waals surface area contributed by atoms with Crippen LogP contribution in [-0.2, 0) is 18.7 Å². The largest absolute Gasteiger partial charge is 0.423 e. The highest BCUT2D eigenvalue weighted by Crippen LogP contribution is 2.29. The molecule has 0 unspecified atom stereocenters. The van der Waals surface area contributed by atoms with E-state index in [2.05, 4.69) is 44.8 Å². The van der Waals surface area contributed by atoms with Gasteiger partial charge in [0.05, 0.1) is 6.54 Å². The lowest BCUT2D eigenvalue weighted by molar-refractivity contribution is 0.319. The molecule has 6 nitrogen and oxygen atoms in total. The standard InChI is InChI=1S/C25H26N4O2S/c1-2-18-10-11-21-19(15-24(30)31-22(21)14-18)17-32-25-27-26-23(16-28-12-6-7-13-28)29(25)20-8-4-3-5-9-20/h3-5,8-11,14-15H,2,6-7,12-13,16-17H2,1H3. The molecule has 0 bridgehead atoms. The summed E-state index contributed by atoms with van der Waals surface area (Å²) in [6, 6.07) is 17.9. The van der Waals surface area contributed by atoms with Gasteiger partial charge in [0, 0.05) is 22.9 Å². The van der Waals surface area contributed by atoms with E-state index in [9.17, 15) is 4.79 Å². The summed E-state index contributed by atoms with van der Waals surface area (Å²) in [5.41, 5.74) is 3.49. The highest BCUT2D eigenvalue weighted by Gasteiger charge is 2.20. The first kappa shape index (κ1) is 21.0. The molecular formula is C25H26N4O2S. The number of aromatic nitrogens is 3. The van der Waals surface area contributed by atoms with Crippen LogP contribution in [0.15, 0.2) is 69.0 Å². The molecule has 3 heterocycles. The number of benzene rings is 2. The lowest BCUT2D eigenvalue weighted by Crippen LogP contribution is -2.21. The maximum Gasteiger partial charge on any atom is 0.336 e. The van der Waals surface area contributed by atoms with Gasteiger partial charge in [0.1, 0.15) is 5.58 Å². The zero-order valence-corrected chi connectivity index (χ0v) is 19.0. The summed E-state index contributed by atoms with van der Waals surface area (Å²) in [7, 11) is 0. The molecular weight excluding hydrogens is 420 g/mol. The van der Waals surface area contributed by atoms with Crippen LogP contribution in [0.4, 0.5) is 0 Å². The van der Waals surface area contributed by atoms with Crippen molar-refractivity contribution in [3.8, 4) is 5.69 Å². The van der Waals surface area contributed by atoms with E-state index in [0.717, 1.165) is 59.2 Å². The Morgan fingerprint density at radius 2 is 1.84 bits per heavy atom. The fourth-order valence-electron chi connectivity index (χ4n) is 4.23. The number of thioether (sulfide) groups is 1. The maximum absolute atomic E-state index is 12.2. The van der Waals surface area contributed by atoms with Crippen LogP contribution in [0.25, 0.3) is 16.7 Å². The summed E-state index contributed by atoms with van der Waals surface area (Å²) in [6.45, 7) is 5.10. The average molecular weight is 447 g/mol. The third kappa shape index (κ3) is 4.36. The molecule has 164 valence electrons. The van der Waals surface area contributed by atoms with Crippen molar-refractivity contribution in [1.82, 2.24) is 19.7 Å². The topological polar surface area (TPSA) is 64.2 Å². The lowest BCUT2D eigenvalue weighted by atomic mass is 10.1. The van der Waals surface area contributed by atoms with Crippen LogP contribution in [0.1, 0.15) is 36.7 Å². The van der Waals surface area contributed by atoms with Crippen molar-refractivity contribution in [2.75, 3.05) is 13.1 Å². The minimum atomic E-state index is -0.319. The first-order valence-corrected chi connectivity index (χ1v) is 12.1. The number of nitrogens with zero attached hydrogens (tertiary/aromatic N) is 4. The molecule has 0 N–H and O–H groups in total. The van der Waals surface area contributed by atoms with E-state index in [4.69, 9.17) is 4.42 Å². The minimum absolute atomic E-state index is 0.319. The molecule has 1 fully saturated rings. The minimum Gasteiger partial charge on any atom is -0.423 e. The van der Waals surface area contributed by atoms with Crippen molar-refractivity contribution in [3.05, 3.63) is 82.0 Å². The van der Waals surface area contributed by atoms with E-state index < -0.39 is 0 Å². The smallest absolute Gasteiger partial charge is 0.336 e. The third-order valence-corrected chi connectivity index (χ3v) is 6.92. The summed E-state index contributed by atoms with van der Waals surface area (Å²) in [5.74, 6) is 1.56. The van der Waals surface area contributed by atoms with Crippen LogP contribution in [-0.4, -0.2) is 32.8 Å². The molecule has 0 spiro atoms. The Kier molecular flexibility index (Phi) is 6.10. The van der Waals surface area contributed by atoms with Crippen molar-refractivity contribution >= 4 is 22.7 Å². The molecule has 0 amide bonds. The van der Waals surface area contributed by atoms with Gasteiger partial charge in [-0.25, -0.2) is 4.79 Å². The van der Waals surface area contributed by atoms with Crippen LogP contribution in [0.2, 0.25) is 0 Å². The Balaban J connectivity index is 1.47. The molecule has 0 atom stereocenters. The second kappa shape index (κ2) is 9.30. The SMILES string of the molecule is CCc1ccc2c(CSc3nnc(CN4CCCC4)n3-c3ccccc3)cc(=O)oc2c1. The van der Waals surface area contributed by atoms with Crippen LogP contribution in [0.3, 0.4) is 0 Å². The molecule has 0 saturated carbocycles. The van der Waals surface area contributed by atoms with Gasteiger partial charge >= 0.3 is 5.63 Å². The molecule has 1 aliphatic heterocycles. The Hall–Kier alpha value is -2.90. The number of hydrogen-bond donors (Lipinski definition) is 0. The van der Waals surface area contributed by atoms with Gasteiger partial charge in [-0.15, -0.1) is 10.2 Å². The molecule has 7 heteroatoms. The van der Waals surface area contributed by atoms with Gasteiger partial charge in [-0.3, -0.25) is 9.47 Å². The number of para-hydroxylation sites is 1. The van der Waals surface area contributed by atoms with Gasteiger partial charge in [-0.1, -0.05) is 49.0 Å². The van der Waals surface area contributed by atoms with Gasteiger partial charge in [0.15, 0.2) is 11.0 Å². The highest BCUT2D eigenvalue weighted by atomic mass is 32.2. The quantitative estimate of drug-likeness (QED) is 0.299. The van der Waals surface area contributed by atoms with Gasteiger partial charge < -0.3 is 4.42 Å². The first-order chi connectivity index (χ1) is 15.7. The Morgan fingerprint density at radius 3 is 2.62 bits per heavy atom. The molecule has 2 aromatic carbocycles. The Morgan fingerprint density at radius 1 is 1.03 bits per heavy atom. The van der Waals surface area contributed by atoms with Crippen LogP contribution in [0, 0.1) is 0 Å². The lowest BCUT2D eigenvalue weighted by Gasteiger charge is -2.16. The Bertz CT molecular complexity index is 1280.